The molecule has 1 saturated carbocycles. The number of likely N-dealkylation sites (tertiary alicyclic amines) is 1. The van der Waals surface area contributed by atoms with Gasteiger partial charge in [-0.2, -0.15) is 0 Å². The number of benzene rings is 2. The number of sulfone groups is 1. The van der Waals surface area contributed by atoms with Crippen molar-refractivity contribution < 1.29 is 17.9 Å². The molecule has 0 aromatic heterocycles. The molecule has 1 aliphatic carbocycles. The maximum absolute atomic E-state index is 13.1. The third-order valence-corrected chi connectivity index (χ3v) is 8.03. The molecule has 33 heavy (non-hydrogen) atoms. The number of amides is 1. The van der Waals surface area contributed by atoms with Crippen LogP contribution in [0.2, 0.25) is 0 Å². The normalized spacial score (nSPS) is 22.1. The highest BCUT2D eigenvalue weighted by atomic mass is 32.2. The van der Waals surface area contributed by atoms with Crippen LogP contribution in [0.1, 0.15) is 36.8 Å². The largest absolute Gasteiger partial charge is 0.357 e. The van der Waals surface area contributed by atoms with Crippen molar-refractivity contribution in [2.24, 2.45) is 0 Å². The molecule has 7 heteroatoms. The van der Waals surface area contributed by atoms with Crippen LogP contribution in [0.15, 0.2) is 54.6 Å². The van der Waals surface area contributed by atoms with Gasteiger partial charge in [0.25, 0.3) is 5.91 Å². The van der Waals surface area contributed by atoms with E-state index in [9.17, 15) is 13.2 Å². The Morgan fingerprint density at radius 2 is 1.64 bits per heavy atom. The van der Waals surface area contributed by atoms with Gasteiger partial charge in [0.1, 0.15) is 5.60 Å². The second-order valence-corrected chi connectivity index (χ2v) is 12.1. The Balaban J connectivity index is 1.21. The summed E-state index contributed by atoms with van der Waals surface area (Å²) in [7, 11) is -3.03. The molecule has 0 atom stereocenters. The molecule has 2 saturated heterocycles. The number of piperidine rings is 1. The first-order valence-electron chi connectivity index (χ1n) is 11.8. The third-order valence-electron chi connectivity index (χ3n) is 7.17. The molecule has 2 aromatic rings. The number of carbonyl (C=O) groups excluding carboxylic acids is 1. The fourth-order valence-corrected chi connectivity index (χ4v) is 6.04. The van der Waals surface area contributed by atoms with Crippen LogP contribution in [0.4, 0.5) is 5.69 Å². The lowest BCUT2D eigenvalue weighted by Gasteiger charge is -2.50. The van der Waals surface area contributed by atoms with E-state index in [1.807, 2.05) is 53.4 Å². The molecule has 0 bridgehead atoms. The van der Waals surface area contributed by atoms with E-state index in [2.05, 4.69) is 11.0 Å². The Kier molecular flexibility index (Phi) is 5.83. The van der Waals surface area contributed by atoms with Crippen molar-refractivity contribution >= 4 is 21.4 Å². The van der Waals surface area contributed by atoms with Crippen molar-refractivity contribution in [2.75, 3.05) is 37.3 Å². The van der Waals surface area contributed by atoms with E-state index < -0.39 is 15.4 Å². The number of nitrogens with zero attached hydrogens (tertiary/aromatic N) is 2. The van der Waals surface area contributed by atoms with Crippen LogP contribution in [-0.4, -0.2) is 62.9 Å². The Morgan fingerprint density at radius 3 is 2.30 bits per heavy atom. The first-order valence-corrected chi connectivity index (χ1v) is 13.9. The van der Waals surface area contributed by atoms with Gasteiger partial charge in [-0.3, -0.25) is 4.79 Å². The van der Waals surface area contributed by atoms with E-state index >= 15 is 0 Å². The monoisotopic (exact) mass is 468 g/mol. The van der Waals surface area contributed by atoms with Crippen molar-refractivity contribution in [1.82, 2.24) is 4.90 Å². The predicted octanol–water partition coefficient (Wildman–Crippen LogP) is 3.20. The summed E-state index contributed by atoms with van der Waals surface area (Å²) in [5, 5.41) is 0. The molecule has 2 spiro atoms. The summed E-state index contributed by atoms with van der Waals surface area (Å²) < 4.78 is 29.8. The van der Waals surface area contributed by atoms with Gasteiger partial charge in [0.15, 0.2) is 9.84 Å². The van der Waals surface area contributed by atoms with Crippen LogP contribution in [0.3, 0.4) is 0 Å². The van der Waals surface area contributed by atoms with Crippen molar-refractivity contribution in [3.8, 4) is 0 Å². The Morgan fingerprint density at radius 1 is 0.939 bits per heavy atom. The zero-order valence-corrected chi connectivity index (χ0v) is 20.0. The lowest BCUT2D eigenvalue weighted by Crippen LogP contribution is -2.63. The molecule has 176 valence electrons. The summed E-state index contributed by atoms with van der Waals surface area (Å²) in [6.45, 7) is 3.44. The Hall–Kier alpha value is -2.22. The summed E-state index contributed by atoms with van der Waals surface area (Å²) >= 11 is 0. The second kappa shape index (κ2) is 8.53. The van der Waals surface area contributed by atoms with Gasteiger partial charge in [-0.05, 0) is 55.4 Å². The van der Waals surface area contributed by atoms with Gasteiger partial charge in [-0.15, -0.1) is 0 Å². The lowest BCUT2D eigenvalue weighted by atomic mass is 9.87. The van der Waals surface area contributed by atoms with E-state index in [4.69, 9.17) is 4.74 Å². The molecule has 3 fully saturated rings. The minimum atomic E-state index is -3.03. The molecule has 6 nitrogen and oxygen atoms in total. The molecule has 2 aromatic carbocycles. The minimum Gasteiger partial charge on any atom is -0.357 e. The van der Waals surface area contributed by atoms with Gasteiger partial charge < -0.3 is 14.5 Å². The molecule has 1 amide bonds. The SMILES string of the molecule is CS(=O)(=O)Cc1cccc(CCN2CCC3(CC2)CN(c2ccccc2)C(=O)C2(CC2)O3)c1. The van der Waals surface area contributed by atoms with Crippen molar-refractivity contribution in [1.29, 1.82) is 0 Å². The van der Waals surface area contributed by atoms with Gasteiger partial charge in [0.05, 0.1) is 17.9 Å². The van der Waals surface area contributed by atoms with E-state index in [1.165, 1.54) is 11.8 Å². The number of carbonyl (C=O) groups is 1. The van der Waals surface area contributed by atoms with E-state index in [0.717, 1.165) is 63.0 Å². The number of morpholine rings is 1. The minimum absolute atomic E-state index is 0.0861. The van der Waals surface area contributed by atoms with Crippen LogP contribution in [0.25, 0.3) is 0 Å². The highest BCUT2D eigenvalue weighted by Gasteiger charge is 2.62. The van der Waals surface area contributed by atoms with Crippen molar-refractivity contribution in [3.63, 3.8) is 0 Å². The van der Waals surface area contributed by atoms with Crippen LogP contribution in [-0.2, 0) is 31.5 Å². The van der Waals surface area contributed by atoms with E-state index in [1.54, 1.807) is 0 Å². The summed E-state index contributed by atoms with van der Waals surface area (Å²) in [6.07, 6.45) is 5.65. The molecule has 5 rings (SSSR count). The fraction of sp³-hybridized carbons (Fsp3) is 0.500. The number of hydrogen-bond acceptors (Lipinski definition) is 5. The average molecular weight is 469 g/mol. The van der Waals surface area contributed by atoms with Gasteiger partial charge in [-0.1, -0.05) is 42.5 Å². The summed E-state index contributed by atoms with van der Waals surface area (Å²) in [4.78, 5) is 17.5. The van der Waals surface area contributed by atoms with Gasteiger partial charge >= 0.3 is 0 Å². The van der Waals surface area contributed by atoms with Gasteiger partial charge in [0.2, 0.25) is 0 Å². The molecule has 2 heterocycles. The molecule has 0 unspecified atom stereocenters. The zero-order valence-electron chi connectivity index (χ0n) is 19.2. The summed E-state index contributed by atoms with van der Waals surface area (Å²) in [6, 6.07) is 17.9. The van der Waals surface area contributed by atoms with E-state index in [-0.39, 0.29) is 17.3 Å². The molecular formula is C26H32N2O4S. The molecule has 0 radical (unpaired) electrons. The predicted molar refractivity (Wildman–Crippen MR) is 129 cm³/mol. The Labute approximate surface area is 196 Å². The van der Waals surface area contributed by atoms with Gasteiger partial charge in [-0.25, -0.2) is 8.42 Å². The topological polar surface area (TPSA) is 66.9 Å². The molecule has 2 aliphatic heterocycles. The van der Waals surface area contributed by atoms with Crippen LogP contribution < -0.4 is 4.90 Å². The maximum atomic E-state index is 13.1. The standard InChI is InChI=1S/C26H32N2O4S/c1-33(30,31)19-22-7-5-6-21(18-22)10-15-27-16-13-25(14-17-27)20-28(23-8-3-2-4-9-23)24(29)26(32-25)11-12-26/h2-9,18H,10-17,19-20H2,1H3. The number of rotatable bonds is 6. The number of para-hydroxylation sites is 1. The highest BCUT2D eigenvalue weighted by molar-refractivity contribution is 7.89. The van der Waals surface area contributed by atoms with Crippen LogP contribution in [0.5, 0.6) is 0 Å². The first kappa shape index (κ1) is 22.6. The molecular weight excluding hydrogens is 436 g/mol. The zero-order chi connectivity index (χ0) is 23.1. The summed E-state index contributed by atoms with van der Waals surface area (Å²) in [5.74, 6) is 0.207. The summed E-state index contributed by atoms with van der Waals surface area (Å²) in [5.41, 5.74) is 2.11. The van der Waals surface area contributed by atoms with Crippen LogP contribution >= 0.6 is 0 Å². The molecule has 0 N–H and O–H groups in total. The third kappa shape index (κ3) is 5.00. The Bertz CT molecular complexity index is 1120. The van der Waals surface area contributed by atoms with Crippen molar-refractivity contribution in [3.05, 3.63) is 65.7 Å². The number of ether oxygens (including phenoxy) is 1. The number of anilines is 1. The quantitative estimate of drug-likeness (QED) is 0.651. The van der Waals surface area contributed by atoms with Crippen molar-refractivity contribution in [2.45, 2.75) is 49.1 Å². The van der Waals surface area contributed by atoms with Gasteiger partial charge in [0, 0.05) is 31.6 Å². The second-order valence-electron chi connectivity index (χ2n) is 9.99. The average Bonchev–Trinajstić information content (AvgIpc) is 3.56. The smallest absolute Gasteiger partial charge is 0.259 e. The first-order chi connectivity index (χ1) is 15.8. The lowest BCUT2D eigenvalue weighted by molar-refractivity contribution is -0.172. The van der Waals surface area contributed by atoms with Crippen LogP contribution in [0, 0.1) is 0 Å². The molecule has 3 aliphatic rings. The fourth-order valence-electron chi connectivity index (χ4n) is 5.25. The maximum Gasteiger partial charge on any atom is 0.259 e. The number of hydrogen-bond donors (Lipinski definition) is 0. The van der Waals surface area contributed by atoms with E-state index in [0.29, 0.717) is 6.54 Å². The highest BCUT2D eigenvalue weighted by Crippen LogP contribution is 2.50.